The number of fused-ring (bicyclic) bond motifs is 1. The number of ether oxygens (including phenoxy) is 1. The topological polar surface area (TPSA) is 131 Å². The highest BCUT2D eigenvalue weighted by Gasteiger charge is 2.17. The number of nitrogens with one attached hydrogen (secondary N) is 3. The predicted octanol–water partition coefficient (Wildman–Crippen LogP) is 5.09. The summed E-state index contributed by atoms with van der Waals surface area (Å²) in [5, 5.41) is 9.15. The zero-order valence-corrected chi connectivity index (χ0v) is 20.9. The first-order valence-electron chi connectivity index (χ1n) is 11.1. The van der Waals surface area contributed by atoms with E-state index < -0.39 is 23.4 Å². The van der Waals surface area contributed by atoms with Gasteiger partial charge in [0.25, 0.3) is 0 Å². The van der Waals surface area contributed by atoms with E-state index in [0.29, 0.717) is 33.3 Å². The van der Waals surface area contributed by atoms with Gasteiger partial charge >= 0.3 is 6.09 Å². The summed E-state index contributed by atoms with van der Waals surface area (Å²) in [6.07, 6.45) is 2.14. The first-order valence-corrected chi connectivity index (χ1v) is 11.5. The average molecular weight is 524 g/mol. The van der Waals surface area contributed by atoms with E-state index in [1.165, 1.54) is 30.6 Å². The number of carbonyl (C=O) groups is 2. The maximum absolute atomic E-state index is 14.5. The van der Waals surface area contributed by atoms with E-state index in [1.807, 2.05) is 6.07 Å². The molecule has 1 aromatic carbocycles. The second-order valence-corrected chi connectivity index (χ2v) is 9.31. The molecular weight excluding hydrogens is 501 g/mol. The van der Waals surface area contributed by atoms with E-state index in [2.05, 4.69) is 35.9 Å². The van der Waals surface area contributed by atoms with Crippen LogP contribution in [0.4, 0.5) is 26.5 Å². The van der Waals surface area contributed by atoms with Crippen molar-refractivity contribution in [3.63, 3.8) is 0 Å². The van der Waals surface area contributed by atoms with E-state index in [9.17, 15) is 14.0 Å². The van der Waals surface area contributed by atoms with Crippen LogP contribution in [0.2, 0.25) is 5.02 Å². The lowest BCUT2D eigenvalue weighted by atomic mass is 10.1. The van der Waals surface area contributed by atoms with Crippen LogP contribution in [-0.2, 0) is 9.53 Å². The van der Waals surface area contributed by atoms with Crippen molar-refractivity contribution in [1.29, 1.82) is 0 Å². The van der Waals surface area contributed by atoms with Crippen LogP contribution < -0.4 is 16.0 Å². The number of aromatic nitrogens is 4. The van der Waals surface area contributed by atoms with Crippen molar-refractivity contribution in [2.24, 2.45) is 0 Å². The zero-order valence-electron chi connectivity index (χ0n) is 20.2. The number of hydrogen-bond donors (Lipinski definition) is 3. The number of benzene rings is 1. The van der Waals surface area contributed by atoms with Gasteiger partial charge in [0.2, 0.25) is 5.91 Å². The Balaban J connectivity index is 1.54. The summed E-state index contributed by atoms with van der Waals surface area (Å²) in [6.45, 7) is 4.85. The lowest BCUT2D eigenvalue weighted by molar-refractivity contribution is -0.115. The van der Waals surface area contributed by atoms with Crippen molar-refractivity contribution in [3.8, 4) is 11.3 Å². The molecule has 0 fully saturated rings. The summed E-state index contributed by atoms with van der Waals surface area (Å²) in [5.41, 5.74) is 0.798. The van der Waals surface area contributed by atoms with Crippen LogP contribution in [0, 0.1) is 5.82 Å². The summed E-state index contributed by atoms with van der Waals surface area (Å²) >= 11 is 6.07. The molecular formula is C25H23ClFN7O3. The fourth-order valence-corrected chi connectivity index (χ4v) is 3.45. The van der Waals surface area contributed by atoms with E-state index >= 15 is 0 Å². The second kappa shape index (κ2) is 10.7. The van der Waals surface area contributed by atoms with Gasteiger partial charge in [-0.2, -0.15) is 0 Å². The van der Waals surface area contributed by atoms with Crippen molar-refractivity contribution < 1.29 is 18.7 Å². The molecule has 0 aliphatic carbocycles. The standard InChI is InChI=1S/C25H23ClFN7O3/c1-25(2,3)37-24(36)29-12-22(35)34-21-11-20(30-13-31-21)32-18-10-19(16-9-14(26)6-7-17(16)27)33-23-15(18)5-4-8-28-23/h4-11,13H,12H2,1-3H3,(H,29,36)(H2,28,30,31,32,33,34,35). The van der Waals surface area contributed by atoms with Gasteiger partial charge in [-0.15, -0.1) is 0 Å². The Bertz CT molecular complexity index is 1480. The van der Waals surface area contributed by atoms with Crippen LogP contribution in [0.1, 0.15) is 20.8 Å². The minimum Gasteiger partial charge on any atom is -0.444 e. The summed E-state index contributed by atoms with van der Waals surface area (Å²) < 4.78 is 19.7. The van der Waals surface area contributed by atoms with Gasteiger partial charge in [0.05, 0.1) is 11.4 Å². The molecule has 2 amide bonds. The van der Waals surface area contributed by atoms with Gasteiger partial charge < -0.3 is 20.7 Å². The Kier molecular flexibility index (Phi) is 7.44. The third-order valence-electron chi connectivity index (χ3n) is 4.78. The fourth-order valence-electron chi connectivity index (χ4n) is 3.28. The molecule has 10 nitrogen and oxygen atoms in total. The number of anilines is 3. The molecule has 12 heteroatoms. The first-order chi connectivity index (χ1) is 17.6. The van der Waals surface area contributed by atoms with E-state index in [1.54, 1.807) is 39.1 Å². The van der Waals surface area contributed by atoms with Crippen molar-refractivity contribution >= 4 is 52.0 Å². The summed E-state index contributed by atoms with van der Waals surface area (Å²) in [6, 6.07) is 10.9. The molecule has 0 saturated carbocycles. The van der Waals surface area contributed by atoms with Crippen molar-refractivity contribution in [1.82, 2.24) is 25.3 Å². The molecule has 0 aliphatic heterocycles. The Morgan fingerprint density at radius 1 is 1.05 bits per heavy atom. The van der Waals surface area contributed by atoms with Crippen LogP contribution in [-0.4, -0.2) is 44.1 Å². The first kappa shape index (κ1) is 25.7. The molecule has 0 unspecified atom stereocenters. The smallest absolute Gasteiger partial charge is 0.408 e. The number of halogens is 2. The summed E-state index contributed by atoms with van der Waals surface area (Å²) in [7, 11) is 0. The van der Waals surface area contributed by atoms with E-state index in [4.69, 9.17) is 16.3 Å². The van der Waals surface area contributed by atoms with Crippen molar-refractivity contribution in [2.75, 3.05) is 17.2 Å². The fraction of sp³-hybridized carbons (Fsp3) is 0.200. The van der Waals surface area contributed by atoms with Gasteiger partial charge in [0.1, 0.15) is 35.9 Å². The largest absolute Gasteiger partial charge is 0.444 e. The van der Waals surface area contributed by atoms with Gasteiger partial charge in [0, 0.05) is 28.2 Å². The molecule has 3 N–H and O–H groups in total. The molecule has 37 heavy (non-hydrogen) atoms. The maximum atomic E-state index is 14.5. The molecule has 0 aliphatic rings. The highest BCUT2D eigenvalue weighted by Crippen LogP contribution is 2.31. The molecule has 3 aromatic heterocycles. The van der Waals surface area contributed by atoms with E-state index in [0.717, 1.165) is 0 Å². The van der Waals surface area contributed by atoms with Crippen LogP contribution in [0.15, 0.2) is 55.0 Å². The van der Waals surface area contributed by atoms with Gasteiger partial charge in [0.15, 0.2) is 5.65 Å². The Labute approximate surface area is 216 Å². The van der Waals surface area contributed by atoms with Crippen LogP contribution in [0.3, 0.4) is 0 Å². The monoisotopic (exact) mass is 523 g/mol. The number of carbonyl (C=O) groups excluding carboxylic acids is 2. The molecule has 0 spiro atoms. The third kappa shape index (κ3) is 6.85. The second-order valence-electron chi connectivity index (χ2n) is 8.87. The molecule has 0 radical (unpaired) electrons. The minimum absolute atomic E-state index is 0.200. The molecule has 4 rings (SSSR count). The van der Waals surface area contributed by atoms with Gasteiger partial charge in [-0.05, 0) is 57.2 Å². The number of hydrogen-bond acceptors (Lipinski definition) is 8. The zero-order chi connectivity index (χ0) is 26.6. The average Bonchev–Trinajstić information content (AvgIpc) is 2.83. The highest BCUT2D eigenvalue weighted by atomic mass is 35.5. The molecule has 0 atom stereocenters. The van der Waals surface area contributed by atoms with E-state index in [-0.39, 0.29) is 17.9 Å². The molecule has 0 saturated heterocycles. The van der Waals surface area contributed by atoms with Gasteiger partial charge in [-0.3, -0.25) is 4.79 Å². The lowest BCUT2D eigenvalue weighted by Gasteiger charge is -2.19. The minimum atomic E-state index is -0.710. The normalized spacial score (nSPS) is 11.2. The van der Waals surface area contributed by atoms with Crippen LogP contribution in [0.25, 0.3) is 22.3 Å². The number of nitrogens with zero attached hydrogens (tertiary/aromatic N) is 4. The third-order valence-corrected chi connectivity index (χ3v) is 5.01. The molecule has 3 heterocycles. The van der Waals surface area contributed by atoms with Crippen LogP contribution in [0.5, 0.6) is 0 Å². The predicted molar refractivity (Wildman–Crippen MR) is 138 cm³/mol. The number of rotatable bonds is 6. The molecule has 190 valence electrons. The van der Waals surface area contributed by atoms with Gasteiger partial charge in [-0.25, -0.2) is 29.1 Å². The maximum Gasteiger partial charge on any atom is 0.408 e. The molecule has 4 aromatic rings. The molecule has 0 bridgehead atoms. The summed E-state index contributed by atoms with van der Waals surface area (Å²) in [4.78, 5) is 41.0. The number of amides is 2. The van der Waals surface area contributed by atoms with Crippen molar-refractivity contribution in [3.05, 3.63) is 65.8 Å². The lowest BCUT2D eigenvalue weighted by Crippen LogP contribution is -2.37. The number of pyridine rings is 2. The quantitative estimate of drug-likeness (QED) is 0.318. The number of alkyl carbamates (subject to hydrolysis) is 1. The highest BCUT2D eigenvalue weighted by molar-refractivity contribution is 6.30. The SMILES string of the molecule is CC(C)(C)OC(=O)NCC(=O)Nc1cc(Nc2cc(-c3cc(Cl)ccc3F)nc3ncccc23)ncn1. The Hall–Kier alpha value is -4.38. The van der Waals surface area contributed by atoms with Gasteiger partial charge in [-0.1, -0.05) is 11.6 Å². The Morgan fingerprint density at radius 2 is 1.84 bits per heavy atom. The summed E-state index contributed by atoms with van der Waals surface area (Å²) in [5.74, 6) is -0.441. The van der Waals surface area contributed by atoms with Crippen molar-refractivity contribution in [2.45, 2.75) is 26.4 Å². The van der Waals surface area contributed by atoms with Crippen LogP contribution >= 0.6 is 11.6 Å². The Morgan fingerprint density at radius 3 is 2.62 bits per heavy atom.